The SMILES string of the molecule is Cc1cc(OC(C)C(=O)NNC(=O)c2ccccc2O)ccc1C(C)C. The number of carbonyl (C=O) groups excluding carboxylic acids is 2. The van der Waals surface area contributed by atoms with Crippen molar-refractivity contribution in [2.45, 2.75) is 39.7 Å². The van der Waals surface area contributed by atoms with E-state index in [1.807, 2.05) is 25.1 Å². The highest BCUT2D eigenvalue weighted by Crippen LogP contribution is 2.24. The molecule has 2 amide bonds. The van der Waals surface area contributed by atoms with Gasteiger partial charge in [-0.25, -0.2) is 0 Å². The van der Waals surface area contributed by atoms with E-state index < -0.39 is 17.9 Å². The number of aryl methyl sites for hydroxylation is 1. The van der Waals surface area contributed by atoms with Gasteiger partial charge >= 0.3 is 0 Å². The average Bonchev–Trinajstić information content (AvgIpc) is 2.59. The number of phenols is 1. The Kier molecular flexibility index (Phi) is 6.22. The minimum atomic E-state index is -0.802. The van der Waals surface area contributed by atoms with Crippen molar-refractivity contribution in [3.63, 3.8) is 0 Å². The molecule has 0 saturated heterocycles. The van der Waals surface area contributed by atoms with Crippen LogP contribution in [0.3, 0.4) is 0 Å². The number of hydrogen-bond acceptors (Lipinski definition) is 4. The summed E-state index contributed by atoms with van der Waals surface area (Å²) in [7, 11) is 0. The smallest absolute Gasteiger partial charge is 0.279 e. The second-order valence-electron chi connectivity index (χ2n) is 6.39. The monoisotopic (exact) mass is 356 g/mol. The molecule has 0 radical (unpaired) electrons. The van der Waals surface area contributed by atoms with Crippen molar-refractivity contribution in [3.05, 3.63) is 59.2 Å². The zero-order valence-electron chi connectivity index (χ0n) is 15.4. The van der Waals surface area contributed by atoms with Gasteiger partial charge in [-0.2, -0.15) is 0 Å². The van der Waals surface area contributed by atoms with Gasteiger partial charge in [-0.1, -0.05) is 32.0 Å². The third-order valence-electron chi connectivity index (χ3n) is 3.99. The number of nitrogens with one attached hydrogen (secondary N) is 2. The van der Waals surface area contributed by atoms with Crippen LogP contribution in [0.4, 0.5) is 0 Å². The van der Waals surface area contributed by atoms with Gasteiger partial charge in [0.25, 0.3) is 11.8 Å². The summed E-state index contributed by atoms with van der Waals surface area (Å²) < 4.78 is 5.64. The zero-order valence-corrected chi connectivity index (χ0v) is 15.4. The third kappa shape index (κ3) is 4.75. The van der Waals surface area contributed by atoms with Crippen LogP contribution in [0.25, 0.3) is 0 Å². The first-order valence-electron chi connectivity index (χ1n) is 8.45. The van der Waals surface area contributed by atoms with Gasteiger partial charge < -0.3 is 9.84 Å². The number of phenolic OH excluding ortho intramolecular Hbond substituents is 1. The molecule has 0 fully saturated rings. The molecule has 3 N–H and O–H groups in total. The van der Waals surface area contributed by atoms with E-state index in [4.69, 9.17) is 4.74 Å². The molecule has 138 valence electrons. The Morgan fingerprint density at radius 1 is 1.04 bits per heavy atom. The number of aromatic hydroxyl groups is 1. The molecule has 0 aromatic heterocycles. The molecule has 0 saturated carbocycles. The highest BCUT2D eigenvalue weighted by atomic mass is 16.5. The van der Waals surface area contributed by atoms with E-state index in [1.54, 1.807) is 19.1 Å². The Morgan fingerprint density at radius 2 is 1.73 bits per heavy atom. The number of benzene rings is 2. The minimum Gasteiger partial charge on any atom is -0.507 e. The van der Waals surface area contributed by atoms with E-state index in [1.165, 1.54) is 17.7 Å². The molecule has 6 nitrogen and oxygen atoms in total. The first-order chi connectivity index (χ1) is 12.3. The summed E-state index contributed by atoms with van der Waals surface area (Å²) in [5.74, 6) is -0.277. The van der Waals surface area contributed by atoms with E-state index in [0.29, 0.717) is 11.7 Å². The number of para-hydroxylation sites is 1. The van der Waals surface area contributed by atoms with Crippen molar-refractivity contribution >= 4 is 11.8 Å². The van der Waals surface area contributed by atoms with Crippen molar-refractivity contribution in [2.75, 3.05) is 0 Å². The van der Waals surface area contributed by atoms with Crippen LogP contribution in [0.15, 0.2) is 42.5 Å². The van der Waals surface area contributed by atoms with E-state index >= 15 is 0 Å². The molecular formula is C20H24N2O4. The van der Waals surface area contributed by atoms with E-state index in [0.717, 1.165) is 5.56 Å². The van der Waals surface area contributed by atoms with Crippen LogP contribution in [0.2, 0.25) is 0 Å². The molecular weight excluding hydrogens is 332 g/mol. The zero-order chi connectivity index (χ0) is 19.3. The van der Waals surface area contributed by atoms with Crippen LogP contribution in [0, 0.1) is 6.92 Å². The number of amides is 2. The lowest BCUT2D eigenvalue weighted by molar-refractivity contribution is -0.128. The van der Waals surface area contributed by atoms with Crippen LogP contribution in [-0.4, -0.2) is 23.0 Å². The second-order valence-corrected chi connectivity index (χ2v) is 6.39. The number of rotatable bonds is 5. The average molecular weight is 356 g/mol. The molecule has 2 rings (SSSR count). The normalized spacial score (nSPS) is 11.7. The summed E-state index contributed by atoms with van der Waals surface area (Å²) in [5, 5.41) is 9.64. The van der Waals surface area contributed by atoms with Crippen molar-refractivity contribution in [3.8, 4) is 11.5 Å². The first kappa shape index (κ1) is 19.3. The van der Waals surface area contributed by atoms with Crippen LogP contribution in [0.5, 0.6) is 11.5 Å². The van der Waals surface area contributed by atoms with Crippen LogP contribution in [0.1, 0.15) is 48.2 Å². The second kappa shape index (κ2) is 8.38. The predicted octanol–water partition coefficient (Wildman–Crippen LogP) is 3.05. The summed E-state index contributed by atoms with van der Waals surface area (Å²) in [6, 6.07) is 11.8. The van der Waals surface area contributed by atoms with Gasteiger partial charge in [-0.15, -0.1) is 0 Å². The first-order valence-corrected chi connectivity index (χ1v) is 8.45. The molecule has 26 heavy (non-hydrogen) atoms. The Bertz CT molecular complexity index is 802. The molecule has 0 heterocycles. The molecule has 2 aromatic rings. The summed E-state index contributed by atoms with van der Waals surface area (Å²) >= 11 is 0. The summed E-state index contributed by atoms with van der Waals surface area (Å²) in [6.07, 6.45) is -0.802. The minimum absolute atomic E-state index is 0.0706. The molecule has 0 spiro atoms. The predicted molar refractivity (Wildman–Crippen MR) is 99.1 cm³/mol. The maximum absolute atomic E-state index is 12.1. The summed E-state index contributed by atoms with van der Waals surface area (Å²) in [5.41, 5.74) is 6.95. The van der Waals surface area contributed by atoms with Crippen LogP contribution >= 0.6 is 0 Å². The Hall–Kier alpha value is -3.02. The van der Waals surface area contributed by atoms with Crippen LogP contribution < -0.4 is 15.6 Å². The topological polar surface area (TPSA) is 87.7 Å². The lowest BCUT2D eigenvalue weighted by Crippen LogP contribution is -2.47. The highest BCUT2D eigenvalue weighted by molar-refractivity contribution is 5.97. The van der Waals surface area contributed by atoms with E-state index in [2.05, 4.69) is 24.7 Å². The lowest BCUT2D eigenvalue weighted by atomic mass is 9.98. The maximum atomic E-state index is 12.1. The molecule has 2 aromatic carbocycles. The Balaban J connectivity index is 1.92. The van der Waals surface area contributed by atoms with Gasteiger partial charge in [0, 0.05) is 0 Å². The molecule has 0 aliphatic rings. The quantitative estimate of drug-likeness (QED) is 0.719. The van der Waals surface area contributed by atoms with Gasteiger partial charge in [0.2, 0.25) is 0 Å². The fourth-order valence-corrected chi connectivity index (χ4v) is 2.58. The van der Waals surface area contributed by atoms with Crippen molar-refractivity contribution in [1.82, 2.24) is 10.9 Å². The number of carbonyl (C=O) groups is 2. The standard InChI is InChI=1S/C20H24N2O4/c1-12(2)16-10-9-15(11-13(16)3)26-14(4)19(24)21-22-20(25)17-7-5-6-8-18(17)23/h5-12,14,23H,1-4H3,(H,21,24)(H,22,25). The molecule has 0 bridgehead atoms. The Morgan fingerprint density at radius 3 is 2.35 bits per heavy atom. The molecule has 1 atom stereocenters. The summed E-state index contributed by atoms with van der Waals surface area (Å²) in [6.45, 7) is 7.82. The maximum Gasteiger partial charge on any atom is 0.279 e. The molecule has 6 heteroatoms. The summed E-state index contributed by atoms with van der Waals surface area (Å²) in [4.78, 5) is 24.1. The fourth-order valence-electron chi connectivity index (χ4n) is 2.58. The van der Waals surface area contributed by atoms with Gasteiger partial charge in [0.05, 0.1) is 5.56 Å². The number of ether oxygens (including phenoxy) is 1. The van der Waals surface area contributed by atoms with Gasteiger partial charge in [-0.05, 0) is 55.2 Å². The molecule has 1 unspecified atom stereocenters. The lowest BCUT2D eigenvalue weighted by Gasteiger charge is -2.17. The largest absolute Gasteiger partial charge is 0.507 e. The highest BCUT2D eigenvalue weighted by Gasteiger charge is 2.17. The molecule has 0 aliphatic carbocycles. The number of hydrazine groups is 1. The van der Waals surface area contributed by atoms with E-state index in [-0.39, 0.29) is 11.3 Å². The van der Waals surface area contributed by atoms with Gasteiger partial charge in [-0.3, -0.25) is 20.4 Å². The van der Waals surface area contributed by atoms with Crippen molar-refractivity contribution < 1.29 is 19.4 Å². The van der Waals surface area contributed by atoms with Gasteiger partial charge in [0.15, 0.2) is 6.10 Å². The van der Waals surface area contributed by atoms with Crippen molar-refractivity contribution in [1.29, 1.82) is 0 Å². The number of hydrogen-bond donors (Lipinski definition) is 3. The Labute approximate surface area is 153 Å². The molecule has 0 aliphatic heterocycles. The van der Waals surface area contributed by atoms with Crippen LogP contribution in [-0.2, 0) is 4.79 Å². The van der Waals surface area contributed by atoms with E-state index in [9.17, 15) is 14.7 Å². The van der Waals surface area contributed by atoms with Crippen molar-refractivity contribution in [2.24, 2.45) is 0 Å². The fraction of sp³-hybridized carbons (Fsp3) is 0.300. The van der Waals surface area contributed by atoms with Gasteiger partial charge in [0.1, 0.15) is 11.5 Å². The third-order valence-corrected chi connectivity index (χ3v) is 3.99.